The maximum absolute atomic E-state index is 11.3. The summed E-state index contributed by atoms with van der Waals surface area (Å²) in [6.45, 7) is 1.03. The average molecular weight is 324 g/mol. The zero-order valence-corrected chi connectivity index (χ0v) is 11.9. The molecule has 1 aliphatic rings. The average Bonchev–Trinajstić information content (AvgIpc) is 2.99. The minimum absolute atomic E-state index is 0.112. The van der Waals surface area contributed by atoms with Crippen LogP contribution in [0.2, 0.25) is 0 Å². The second kappa shape index (κ2) is 4.94. The van der Waals surface area contributed by atoms with E-state index in [4.69, 9.17) is 0 Å². The highest BCUT2D eigenvalue weighted by atomic mass is 79.9. The molecule has 1 saturated heterocycles. The van der Waals surface area contributed by atoms with Crippen LogP contribution in [0.5, 0.6) is 0 Å². The second-order valence-electron chi connectivity index (χ2n) is 4.75. The summed E-state index contributed by atoms with van der Waals surface area (Å²) in [5.74, 6) is -0.192. The first-order chi connectivity index (χ1) is 9.16. The van der Waals surface area contributed by atoms with Crippen LogP contribution in [0.4, 0.5) is 0 Å². The normalized spacial score (nSPS) is 19.1. The van der Waals surface area contributed by atoms with E-state index < -0.39 is 5.97 Å². The van der Waals surface area contributed by atoms with Gasteiger partial charge in [0.05, 0.1) is 5.52 Å². The fourth-order valence-corrected chi connectivity index (χ4v) is 3.14. The number of hydrogen-bond acceptors (Lipinski definition) is 3. The maximum atomic E-state index is 11.3. The Kier molecular flexibility index (Phi) is 3.28. The van der Waals surface area contributed by atoms with Crippen LogP contribution in [0, 0.1) is 0 Å². The van der Waals surface area contributed by atoms with Gasteiger partial charge in [0.2, 0.25) is 0 Å². The van der Waals surface area contributed by atoms with Gasteiger partial charge in [-0.3, -0.25) is 0 Å². The van der Waals surface area contributed by atoms with E-state index in [9.17, 15) is 9.90 Å². The van der Waals surface area contributed by atoms with Gasteiger partial charge in [-0.2, -0.15) is 0 Å². The quantitative estimate of drug-likeness (QED) is 0.907. The molecule has 0 spiro atoms. The number of imidazole rings is 1. The predicted molar refractivity (Wildman–Crippen MR) is 74.6 cm³/mol. The molecular weight excluding hydrogens is 310 g/mol. The third-order valence-corrected chi connectivity index (χ3v) is 4.12. The molecule has 0 bridgehead atoms. The molecule has 5 nitrogen and oxygen atoms in total. The first kappa shape index (κ1) is 12.6. The molecule has 19 heavy (non-hydrogen) atoms. The van der Waals surface area contributed by atoms with Gasteiger partial charge in [-0.1, -0.05) is 0 Å². The number of aromatic nitrogens is 2. The van der Waals surface area contributed by atoms with Crippen molar-refractivity contribution < 1.29 is 9.90 Å². The molecule has 1 fully saturated rings. The van der Waals surface area contributed by atoms with E-state index in [1.165, 1.54) is 6.42 Å². The molecule has 6 heteroatoms. The van der Waals surface area contributed by atoms with Gasteiger partial charge >= 0.3 is 5.97 Å². The Morgan fingerprint density at radius 1 is 1.63 bits per heavy atom. The van der Waals surface area contributed by atoms with E-state index in [2.05, 4.69) is 26.2 Å². The van der Waals surface area contributed by atoms with Crippen molar-refractivity contribution in [1.82, 2.24) is 14.7 Å². The molecule has 3 heterocycles. The second-order valence-corrected chi connectivity index (χ2v) is 5.61. The first-order valence-corrected chi connectivity index (χ1v) is 7.08. The SMILES string of the molecule is O=C(O)c1nc(CC2CCCN2)n2cccc(Br)c12. The summed E-state index contributed by atoms with van der Waals surface area (Å²) in [5.41, 5.74) is 0.739. The molecule has 0 aromatic carbocycles. The van der Waals surface area contributed by atoms with Crippen molar-refractivity contribution >= 4 is 27.4 Å². The number of aromatic carboxylic acids is 1. The lowest BCUT2D eigenvalue weighted by molar-refractivity contribution is 0.0693. The highest BCUT2D eigenvalue weighted by molar-refractivity contribution is 9.10. The van der Waals surface area contributed by atoms with Gasteiger partial charge in [0.25, 0.3) is 0 Å². The van der Waals surface area contributed by atoms with Crippen molar-refractivity contribution in [2.45, 2.75) is 25.3 Å². The standard InChI is InChI=1S/C13H14BrN3O2/c14-9-4-2-6-17-10(7-8-3-1-5-15-8)16-11(12(9)17)13(18)19/h2,4,6,8,15H,1,3,5,7H2,(H,18,19). The molecular formula is C13H14BrN3O2. The van der Waals surface area contributed by atoms with Gasteiger partial charge in [0, 0.05) is 23.1 Å². The highest BCUT2D eigenvalue weighted by Crippen LogP contribution is 2.24. The Morgan fingerprint density at radius 2 is 2.47 bits per heavy atom. The zero-order chi connectivity index (χ0) is 13.4. The van der Waals surface area contributed by atoms with Crippen LogP contribution in [-0.2, 0) is 6.42 Å². The third kappa shape index (κ3) is 2.26. The van der Waals surface area contributed by atoms with Crippen molar-refractivity contribution in [3.8, 4) is 0 Å². The van der Waals surface area contributed by atoms with Crippen LogP contribution >= 0.6 is 15.9 Å². The largest absolute Gasteiger partial charge is 0.476 e. The minimum Gasteiger partial charge on any atom is -0.476 e. The van der Waals surface area contributed by atoms with Gasteiger partial charge in [0.1, 0.15) is 5.82 Å². The van der Waals surface area contributed by atoms with Crippen LogP contribution in [0.3, 0.4) is 0 Å². The van der Waals surface area contributed by atoms with E-state index in [0.717, 1.165) is 29.7 Å². The number of carboxylic acids is 1. The molecule has 1 atom stereocenters. The van der Waals surface area contributed by atoms with Crippen LogP contribution in [0.1, 0.15) is 29.2 Å². The number of rotatable bonds is 3. The lowest BCUT2D eigenvalue weighted by atomic mass is 10.1. The Balaban J connectivity index is 2.09. The van der Waals surface area contributed by atoms with Gasteiger partial charge in [-0.05, 0) is 47.4 Å². The van der Waals surface area contributed by atoms with Gasteiger partial charge < -0.3 is 14.8 Å². The fraction of sp³-hybridized carbons (Fsp3) is 0.385. The number of nitrogens with one attached hydrogen (secondary N) is 1. The van der Waals surface area contributed by atoms with Crippen molar-refractivity contribution in [2.24, 2.45) is 0 Å². The molecule has 2 aromatic heterocycles. The molecule has 0 aliphatic carbocycles. The van der Waals surface area contributed by atoms with E-state index in [1.54, 1.807) is 0 Å². The van der Waals surface area contributed by atoms with Crippen LogP contribution in [-0.4, -0.2) is 33.0 Å². The Bertz CT molecular complexity index is 632. The summed E-state index contributed by atoms with van der Waals surface area (Å²) < 4.78 is 2.62. The summed E-state index contributed by atoms with van der Waals surface area (Å²) in [6.07, 6.45) is 4.91. The summed E-state index contributed by atoms with van der Waals surface area (Å²) in [5, 5.41) is 12.7. The van der Waals surface area contributed by atoms with Crippen molar-refractivity contribution in [3.05, 3.63) is 34.3 Å². The van der Waals surface area contributed by atoms with Gasteiger partial charge in [-0.25, -0.2) is 9.78 Å². The maximum Gasteiger partial charge on any atom is 0.356 e. The zero-order valence-electron chi connectivity index (χ0n) is 10.3. The molecule has 0 amide bonds. The molecule has 2 aromatic rings. The van der Waals surface area contributed by atoms with Crippen LogP contribution in [0.25, 0.3) is 5.52 Å². The minimum atomic E-state index is -0.991. The third-order valence-electron chi connectivity index (χ3n) is 3.48. The fourth-order valence-electron chi connectivity index (χ4n) is 2.60. The number of hydrogen-bond donors (Lipinski definition) is 2. The number of fused-ring (bicyclic) bond motifs is 1. The molecule has 100 valence electrons. The van der Waals surface area contributed by atoms with E-state index in [1.807, 2.05) is 22.7 Å². The van der Waals surface area contributed by atoms with Gasteiger partial charge in [0.15, 0.2) is 5.69 Å². The van der Waals surface area contributed by atoms with Crippen LogP contribution < -0.4 is 5.32 Å². The summed E-state index contributed by atoms with van der Waals surface area (Å²) in [7, 11) is 0. The molecule has 1 unspecified atom stereocenters. The number of nitrogens with zero attached hydrogens (tertiary/aromatic N) is 2. The molecule has 1 aliphatic heterocycles. The molecule has 0 radical (unpaired) electrons. The number of pyridine rings is 1. The van der Waals surface area contributed by atoms with Crippen molar-refractivity contribution in [1.29, 1.82) is 0 Å². The number of carbonyl (C=O) groups is 1. The van der Waals surface area contributed by atoms with E-state index >= 15 is 0 Å². The number of carboxylic acid groups (broad SMARTS) is 1. The molecule has 0 saturated carbocycles. The highest BCUT2D eigenvalue weighted by Gasteiger charge is 2.22. The topological polar surface area (TPSA) is 66.6 Å². The van der Waals surface area contributed by atoms with Crippen molar-refractivity contribution in [2.75, 3.05) is 6.54 Å². The van der Waals surface area contributed by atoms with Crippen LogP contribution in [0.15, 0.2) is 22.8 Å². The monoisotopic (exact) mass is 323 g/mol. The lowest BCUT2D eigenvalue weighted by Crippen LogP contribution is -2.24. The Morgan fingerprint density at radius 3 is 3.16 bits per heavy atom. The molecule has 2 N–H and O–H groups in total. The Hall–Kier alpha value is -1.40. The van der Waals surface area contributed by atoms with E-state index in [-0.39, 0.29) is 5.69 Å². The summed E-state index contributed by atoms with van der Waals surface area (Å²) in [6, 6.07) is 4.11. The summed E-state index contributed by atoms with van der Waals surface area (Å²) in [4.78, 5) is 15.6. The predicted octanol–water partition coefficient (Wildman–Crippen LogP) is 2.09. The van der Waals surface area contributed by atoms with Crippen molar-refractivity contribution in [3.63, 3.8) is 0 Å². The first-order valence-electron chi connectivity index (χ1n) is 6.29. The summed E-state index contributed by atoms with van der Waals surface area (Å²) >= 11 is 3.40. The smallest absolute Gasteiger partial charge is 0.356 e. The molecule has 3 rings (SSSR count). The number of halogens is 1. The lowest BCUT2D eigenvalue weighted by Gasteiger charge is -2.08. The van der Waals surface area contributed by atoms with Gasteiger partial charge in [-0.15, -0.1) is 0 Å². The Labute approximate surface area is 118 Å². The van der Waals surface area contributed by atoms with E-state index in [0.29, 0.717) is 11.6 Å².